The second kappa shape index (κ2) is 8.16. The first-order valence-electron chi connectivity index (χ1n) is 6.79. The van der Waals surface area contributed by atoms with Crippen molar-refractivity contribution in [3.05, 3.63) is 50.4 Å². The second-order valence-electron chi connectivity index (χ2n) is 4.86. The predicted molar refractivity (Wildman–Crippen MR) is 97.6 cm³/mol. The minimum absolute atomic E-state index is 0.0578. The smallest absolute Gasteiger partial charge is 0.277 e. The van der Waals surface area contributed by atoms with Crippen LogP contribution in [0.2, 0.25) is 0 Å². The summed E-state index contributed by atoms with van der Waals surface area (Å²) in [7, 11) is 0. The summed E-state index contributed by atoms with van der Waals surface area (Å²) in [4.78, 5) is 11.8. The third kappa shape index (κ3) is 4.97. The summed E-state index contributed by atoms with van der Waals surface area (Å²) in [5, 5.41) is 22.5. The maximum absolute atomic E-state index is 11.8. The molecule has 3 N–H and O–H groups in total. The third-order valence-corrected chi connectivity index (χ3v) is 4.00. The molecule has 0 aliphatic rings. The van der Waals surface area contributed by atoms with Crippen LogP contribution in [0.15, 0.2) is 44.4 Å². The van der Waals surface area contributed by atoms with Crippen molar-refractivity contribution in [1.82, 2.24) is 5.43 Å². The molecule has 0 bridgehead atoms. The standard InChI is InChI=1S/C16H14Br2N2O4/c1-9-4-11(17)5-13(18)16(9)24-8-15(23)20-19-7-10-2-3-12(21)6-14(10)22/h2-7,21-22H,8H2,1H3,(H,20,23)/b19-7+. The Bertz CT molecular complexity index is 771. The number of carbonyl (C=O) groups excluding carboxylic acids is 1. The van der Waals surface area contributed by atoms with E-state index in [1.807, 2.05) is 19.1 Å². The number of phenolic OH excluding ortho intramolecular Hbond substituents is 2. The third-order valence-electron chi connectivity index (χ3n) is 2.95. The number of halogens is 2. The Morgan fingerprint density at radius 3 is 2.71 bits per heavy atom. The molecule has 0 saturated carbocycles. The number of hydrazone groups is 1. The van der Waals surface area contributed by atoms with Gasteiger partial charge in [-0.25, -0.2) is 5.43 Å². The fraction of sp³-hybridized carbons (Fsp3) is 0.125. The first kappa shape index (κ1) is 18.3. The van der Waals surface area contributed by atoms with Crippen LogP contribution in [-0.4, -0.2) is 28.9 Å². The van der Waals surface area contributed by atoms with Gasteiger partial charge in [0.15, 0.2) is 6.61 Å². The Morgan fingerprint density at radius 2 is 2.04 bits per heavy atom. The van der Waals surface area contributed by atoms with Gasteiger partial charge in [0, 0.05) is 16.1 Å². The van der Waals surface area contributed by atoms with Crippen molar-refractivity contribution in [3.8, 4) is 17.2 Å². The summed E-state index contributed by atoms with van der Waals surface area (Å²) in [6.45, 7) is 1.66. The molecular weight excluding hydrogens is 444 g/mol. The fourth-order valence-electron chi connectivity index (χ4n) is 1.86. The van der Waals surface area contributed by atoms with Crippen molar-refractivity contribution in [2.75, 3.05) is 6.61 Å². The molecule has 0 fully saturated rings. The summed E-state index contributed by atoms with van der Waals surface area (Å²) in [5.41, 5.74) is 3.54. The van der Waals surface area contributed by atoms with E-state index < -0.39 is 5.91 Å². The number of nitrogens with zero attached hydrogens (tertiary/aromatic N) is 1. The van der Waals surface area contributed by atoms with Crippen LogP contribution in [0.3, 0.4) is 0 Å². The molecule has 2 rings (SSSR count). The number of ether oxygens (including phenoxy) is 1. The summed E-state index contributed by atoms with van der Waals surface area (Å²) < 4.78 is 7.13. The maximum atomic E-state index is 11.8. The highest BCUT2D eigenvalue weighted by atomic mass is 79.9. The monoisotopic (exact) mass is 456 g/mol. The Labute approximate surface area is 155 Å². The van der Waals surface area contributed by atoms with Gasteiger partial charge in [-0.15, -0.1) is 0 Å². The van der Waals surface area contributed by atoms with E-state index in [9.17, 15) is 15.0 Å². The molecule has 2 aromatic rings. The van der Waals surface area contributed by atoms with Crippen LogP contribution in [0.5, 0.6) is 17.2 Å². The van der Waals surface area contributed by atoms with Crippen LogP contribution < -0.4 is 10.2 Å². The van der Waals surface area contributed by atoms with Gasteiger partial charge in [-0.3, -0.25) is 4.79 Å². The molecule has 0 atom stereocenters. The van der Waals surface area contributed by atoms with Crippen LogP contribution in [0.25, 0.3) is 0 Å². The topological polar surface area (TPSA) is 91.2 Å². The van der Waals surface area contributed by atoms with Crippen LogP contribution >= 0.6 is 31.9 Å². The summed E-state index contributed by atoms with van der Waals surface area (Å²) in [6, 6.07) is 7.76. The summed E-state index contributed by atoms with van der Waals surface area (Å²) in [5.74, 6) is -0.0663. The Hall–Kier alpha value is -2.06. The minimum atomic E-state index is -0.446. The number of phenols is 2. The molecule has 2 aromatic carbocycles. The van der Waals surface area contributed by atoms with Crippen molar-refractivity contribution < 1.29 is 19.7 Å². The molecule has 0 saturated heterocycles. The second-order valence-corrected chi connectivity index (χ2v) is 6.63. The maximum Gasteiger partial charge on any atom is 0.277 e. The molecule has 0 aliphatic heterocycles. The predicted octanol–water partition coefficient (Wildman–Crippen LogP) is 3.46. The van der Waals surface area contributed by atoms with Gasteiger partial charge < -0.3 is 14.9 Å². The lowest BCUT2D eigenvalue weighted by molar-refractivity contribution is -0.123. The zero-order chi connectivity index (χ0) is 17.7. The van der Waals surface area contributed by atoms with Crippen LogP contribution in [-0.2, 0) is 4.79 Å². The average Bonchev–Trinajstić information content (AvgIpc) is 2.48. The van der Waals surface area contributed by atoms with E-state index in [2.05, 4.69) is 42.4 Å². The van der Waals surface area contributed by atoms with Crippen LogP contribution in [0.1, 0.15) is 11.1 Å². The first-order valence-corrected chi connectivity index (χ1v) is 8.37. The Morgan fingerprint density at radius 1 is 1.29 bits per heavy atom. The van der Waals surface area contributed by atoms with E-state index in [0.29, 0.717) is 11.3 Å². The highest BCUT2D eigenvalue weighted by molar-refractivity contribution is 9.11. The van der Waals surface area contributed by atoms with Crippen molar-refractivity contribution >= 4 is 44.0 Å². The van der Waals surface area contributed by atoms with Crippen molar-refractivity contribution in [1.29, 1.82) is 0 Å². The lowest BCUT2D eigenvalue weighted by atomic mass is 10.2. The highest BCUT2D eigenvalue weighted by Crippen LogP contribution is 2.32. The van der Waals surface area contributed by atoms with Crippen LogP contribution in [0, 0.1) is 6.92 Å². The minimum Gasteiger partial charge on any atom is -0.508 e. The number of rotatable bonds is 5. The quantitative estimate of drug-likeness (QED) is 0.473. The van der Waals surface area contributed by atoms with Gasteiger partial charge in [0.05, 0.1) is 10.7 Å². The largest absolute Gasteiger partial charge is 0.508 e. The summed E-state index contributed by atoms with van der Waals surface area (Å²) in [6.07, 6.45) is 1.27. The van der Waals surface area contributed by atoms with Gasteiger partial charge in [-0.05, 0) is 52.7 Å². The lowest BCUT2D eigenvalue weighted by Crippen LogP contribution is -2.24. The van der Waals surface area contributed by atoms with Gasteiger partial charge in [0.25, 0.3) is 5.91 Å². The number of benzene rings is 2. The van der Waals surface area contributed by atoms with Crippen molar-refractivity contribution in [2.45, 2.75) is 6.92 Å². The molecule has 6 nitrogen and oxygen atoms in total. The Balaban J connectivity index is 1.91. The lowest BCUT2D eigenvalue weighted by Gasteiger charge is -2.10. The number of hydrogen-bond donors (Lipinski definition) is 3. The van der Waals surface area contributed by atoms with Gasteiger partial charge in [-0.1, -0.05) is 15.9 Å². The SMILES string of the molecule is Cc1cc(Br)cc(Br)c1OCC(=O)N/N=C/c1ccc(O)cc1O. The normalized spacial score (nSPS) is 10.8. The fourth-order valence-corrected chi connectivity index (χ4v) is 3.41. The molecular formula is C16H14Br2N2O4. The zero-order valence-electron chi connectivity index (χ0n) is 12.6. The molecule has 0 aliphatic carbocycles. The molecule has 126 valence electrons. The number of amides is 1. The molecule has 0 aromatic heterocycles. The average molecular weight is 458 g/mol. The molecule has 24 heavy (non-hydrogen) atoms. The van der Waals surface area contributed by atoms with Gasteiger partial charge in [0.1, 0.15) is 17.2 Å². The van der Waals surface area contributed by atoms with Gasteiger partial charge in [-0.2, -0.15) is 5.10 Å². The van der Waals surface area contributed by atoms with E-state index in [1.54, 1.807) is 0 Å². The molecule has 0 spiro atoms. The zero-order valence-corrected chi connectivity index (χ0v) is 15.8. The van der Waals surface area contributed by atoms with E-state index >= 15 is 0 Å². The van der Waals surface area contributed by atoms with E-state index in [1.165, 1.54) is 24.4 Å². The van der Waals surface area contributed by atoms with Gasteiger partial charge >= 0.3 is 0 Å². The highest BCUT2D eigenvalue weighted by Gasteiger charge is 2.09. The molecule has 0 heterocycles. The van der Waals surface area contributed by atoms with Gasteiger partial charge in [0.2, 0.25) is 0 Å². The number of hydrogen-bond acceptors (Lipinski definition) is 5. The first-order chi connectivity index (χ1) is 11.4. The van der Waals surface area contributed by atoms with E-state index in [-0.39, 0.29) is 18.1 Å². The number of carbonyl (C=O) groups is 1. The van der Waals surface area contributed by atoms with E-state index in [4.69, 9.17) is 4.74 Å². The Kier molecular flexibility index (Phi) is 6.22. The molecule has 0 unspecified atom stereocenters. The van der Waals surface area contributed by atoms with E-state index in [0.717, 1.165) is 14.5 Å². The molecule has 1 amide bonds. The number of aryl methyl sites for hydroxylation is 1. The molecule has 0 radical (unpaired) electrons. The number of nitrogens with one attached hydrogen (secondary N) is 1. The number of aromatic hydroxyl groups is 2. The molecule has 8 heteroatoms. The van der Waals surface area contributed by atoms with Crippen molar-refractivity contribution in [2.24, 2.45) is 5.10 Å². The van der Waals surface area contributed by atoms with Crippen molar-refractivity contribution in [3.63, 3.8) is 0 Å². The summed E-state index contributed by atoms with van der Waals surface area (Å²) >= 11 is 6.75. The van der Waals surface area contributed by atoms with Crippen LogP contribution in [0.4, 0.5) is 0 Å².